The normalized spacial score (nSPS) is 15.9. The largest absolute Gasteiger partial charge is 0.376 e. The number of hydrogen-bond acceptors (Lipinski definition) is 3. The van der Waals surface area contributed by atoms with Crippen LogP contribution in [0.4, 0.5) is 14.9 Å². The van der Waals surface area contributed by atoms with E-state index < -0.39 is 0 Å². The number of aromatic nitrogens is 1. The van der Waals surface area contributed by atoms with Crippen molar-refractivity contribution in [2.45, 2.75) is 39.3 Å². The summed E-state index contributed by atoms with van der Waals surface area (Å²) in [6.07, 6.45) is 1.75. The van der Waals surface area contributed by atoms with Crippen LogP contribution >= 0.6 is 0 Å². The van der Waals surface area contributed by atoms with Crippen molar-refractivity contribution in [1.82, 2.24) is 9.88 Å². The number of benzene rings is 2. The zero-order chi connectivity index (χ0) is 22.0. The first-order chi connectivity index (χ1) is 14.9. The highest BCUT2D eigenvalue weighted by molar-refractivity contribution is 5.89. The Morgan fingerprint density at radius 2 is 2.00 bits per heavy atom. The number of fused-ring (bicyclic) bond motifs is 1. The van der Waals surface area contributed by atoms with E-state index in [-0.39, 0.29) is 30.1 Å². The summed E-state index contributed by atoms with van der Waals surface area (Å²) in [4.78, 5) is 30.4. The SMILES string of the molecule is Cc1ccc2cc(CN(CC3CCCO3)C(=O)Nc3ccc(F)cc3)c(=O)[nH]c2c1C. The lowest BCUT2D eigenvalue weighted by Gasteiger charge is -2.26. The lowest BCUT2D eigenvalue weighted by Crippen LogP contribution is -2.40. The molecule has 0 radical (unpaired) electrons. The Bertz CT molecular complexity index is 1150. The molecule has 162 valence electrons. The van der Waals surface area contributed by atoms with Crippen molar-refractivity contribution in [3.63, 3.8) is 0 Å². The van der Waals surface area contributed by atoms with Crippen molar-refractivity contribution in [2.24, 2.45) is 0 Å². The van der Waals surface area contributed by atoms with E-state index >= 15 is 0 Å². The van der Waals surface area contributed by atoms with Crippen LogP contribution in [0.5, 0.6) is 0 Å². The molecule has 0 spiro atoms. The van der Waals surface area contributed by atoms with Gasteiger partial charge in [-0.2, -0.15) is 0 Å². The molecule has 1 saturated heterocycles. The predicted octanol–water partition coefficient (Wildman–Crippen LogP) is 4.50. The standard InChI is InChI=1S/C24H26FN3O3/c1-15-5-6-17-12-18(23(29)27-22(17)16(15)2)13-28(14-21-4-3-11-31-21)24(30)26-20-9-7-19(25)8-10-20/h5-10,12,21H,3-4,11,13-14H2,1-2H3,(H,26,30)(H,27,29). The van der Waals surface area contributed by atoms with E-state index in [0.29, 0.717) is 24.4 Å². The minimum atomic E-state index is -0.373. The number of rotatable bonds is 5. The number of urea groups is 1. The maximum absolute atomic E-state index is 13.2. The van der Waals surface area contributed by atoms with Gasteiger partial charge in [0.25, 0.3) is 5.56 Å². The van der Waals surface area contributed by atoms with Gasteiger partial charge < -0.3 is 19.9 Å². The number of carbonyl (C=O) groups excluding carboxylic acids is 1. The van der Waals surface area contributed by atoms with Crippen LogP contribution in [-0.4, -0.2) is 35.2 Å². The number of aromatic amines is 1. The summed E-state index contributed by atoms with van der Waals surface area (Å²) in [5, 5.41) is 3.71. The topological polar surface area (TPSA) is 74.4 Å². The summed E-state index contributed by atoms with van der Waals surface area (Å²) in [7, 11) is 0. The van der Waals surface area contributed by atoms with Gasteiger partial charge in [0.1, 0.15) is 5.82 Å². The van der Waals surface area contributed by atoms with E-state index in [1.54, 1.807) is 4.90 Å². The van der Waals surface area contributed by atoms with Crippen LogP contribution in [0.3, 0.4) is 0 Å². The number of aryl methyl sites for hydroxylation is 2. The third-order valence-corrected chi connectivity index (χ3v) is 5.82. The number of nitrogens with zero attached hydrogens (tertiary/aromatic N) is 1. The molecule has 3 aromatic rings. The summed E-state index contributed by atoms with van der Waals surface area (Å²) in [6.45, 7) is 5.17. The highest BCUT2D eigenvalue weighted by Crippen LogP contribution is 2.21. The zero-order valence-corrected chi connectivity index (χ0v) is 17.7. The average Bonchev–Trinajstić information content (AvgIpc) is 3.26. The number of halogens is 1. The van der Waals surface area contributed by atoms with Crippen LogP contribution < -0.4 is 10.9 Å². The molecule has 4 rings (SSSR count). The van der Waals surface area contributed by atoms with Gasteiger partial charge in [-0.3, -0.25) is 4.79 Å². The molecule has 1 fully saturated rings. The Balaban J connectivity index is 1.61. The molecule has 2 heterocycles. The molecular formula is C24H26FN3O3. The molecule has 2 aromatic carbocycles. The highest BCUT2D eigenvalue weighted by Gasteiger charge is 2.24. The summed E-state index contributed by atoms with van der Waals surface area (Å²) in [5.41, 5.74) is 3.73. The Morgan fingerprint density at radius 1 is 1.23 bits per heavy atom. The summed E-state index contributed by atoms with van der Waals surface area (Å²) in [5.74, 6) is -0.373. The van der Waals surface area contributed by atoms with Gasteiger partial charge in [-0.15, -0.1) is 0 Å². The minimum absolute atomic E-state index is 0.0663. The molecule has 0 bridgehead atoms. The van der Waals surface area contributed by atoms with Gasteiger partial charge in [-0.25, -0.2) is 9.18 Å². The van der Waals surface area contributed by atoms with Crippen molar-refractivity contribution in [3.8, 4) is 0 Å². The van der Waals surface area contributed by atoms with Gasteiger partial charge >= 0.3 is 6.03 Å². The van der Waals surface area contributed by atoms with E-state index in [9.17, 15) is 14.0 Å². The van der Waals surface area contributed by atoms with Gasteiger partial charge in [0.05, 0.1) is 18.2 Å². The van der Waals surface area contributed by atoms with Crippen molar-refractivity contribution in [1.29, 1.82) is 0 Å². The molecule has 6 nitrogen and oxygen atoms in total. The van der Waals surface area contributed by atoms with Crippen LogP contribution in [-0.2, 0) is 11.3 Å². The molecule has 1 aliphatic heterocycles. The Hall–Kier alpha value is -3.19. The molecule has 1 unspecified atom stereocenters. The van der Waals surface area contributed by atoms with Crippen LogP contribution in [0.2, 0.25) is 0 Å². The van der Waals surface area contributed by atoms with Crippen molar-refractivity contribution < 1.29 is 13.9 Å². The summed E-state index contributed by atoms with van der Waals surface area (Å²) < 4.78 is 18.9. The zero-order valence-electron chi connectivity index (χ0n) is 17.7. The highest BCUT2D eigenvalue weighted by atomic mass is 19.1. The van der Waals surface area contributed by atoms with E-state index in [1.165, 1.54) is 24.3 Å². The molecule has 1 aliphatic rings. The fourth-order valence-corrected chi connectivity index (χ4v) is 3.88. The molecule has 0 aliphatic carbocycles. The van der Waals surface area contributed by atoms with Crippen LogP contribution in [0.15, 0.2) is 47.3 Å². The molecule has 1 aromatic heterocycles. The van der Waals surface area contributed by atoms with Gasteiger partial charge in [0.15, 0.2) is 0 Å². The smallest absolute Gasteiger partial charge is 0.322 e. The average molecular weight is 423 g/mol. The van der Waals surface area contributed by atoms with Crippen molar-refractivity contribution in [3.05, 3.63) is 75.3 Å². The fourth-order valence-electron chi connectivity index (χ4n) is 3.88. The Kier molecular flexibility index (Phi) is 6.04. The molecule has 2 amide bonds. The molecule has 31 heavy (non-hydrogen) atoms. The van der Waals surface area contributed by atoms with Crippen molar-refractivity contribution in [2.75, 3.05) is 18.5 Å². The number of H-pyrrole nitrogens is 1. The molecule has 1 atom stereocenters. The summed E-state index contributed by atoms with van der Waals surface area (Å²) >= 11 is 0. The number of pyridine rings is 1. The Labute approximate surface area is 180 Å². The van der Waals surface area contributed by atoms with Gasteiger partial charge in [-0.1, -0.05) is 12.1 Å². The first kappa shape index (κ1) is 21.1. The quantitative estimate of drug-likeness (QED) is 0.635. The van der Waals surface area contributed by atoms with Gasteiger partial charge in [0.2, 0.25) is 0 Å². The monoisotopic (exact) mass is 423 g/mol. The lowest BCUT2D eigenvalue weighted by atomic mass is 10.0. The number of anilines is 1. The number of hydrogen-bond donors (Lipinski definition) is 2. The summed E-state index contributed by atoms with van der Waals surface area (Å²) in [6, 6.07) is 11.1. The molecule has 2 N–H and O–H groups in total. The molecule has 0 saturated carbocycles. The van der Waals surface area contributed by atoms with Crippen LogP contribution in [0.1, 0.15) is 29.5 Å². The minimum Gasteiger partial charge on any atom is -0.376 e. The second kappa shape index (κ2) is 8.89. The number of nitrogens with one attached hydrogen (secondary N) is 2. The third kappa shape index (κ3) is 4.77. The maximum Gasteiger partial charge on any atom is 0.322 e. The second-order valence-corrected chi connectivity index (χ2v) is 8.05. The second-order valence-electron chi connectivity index (χ2n) is 8.05. The first-order valence-corrected chi connectivity index (χ1v) is 10.5. The molecular weight excluding hydrogens is 397 g/mol. The van der Waals surface area contributed by atoms with E-state index in [4.69, 9.17) is 4.74 Å². The maximum atomic E-state index is 13.2. The van der Waals surface area contributed by atoms with E-state index in [0.717, 1.165) is 34.9 Å². The van der Waals surface area contributed by atoms with E-state index in [1.807, 2.05) is 32.0 Å². The Morgan fingerprint density at radius 3 is 2.71 bits per heavy atom. The third-order valence-electron chi connectivity index (χ3n) is 5.82. The fraction of sp³-hybridized carbons (Fsp3) is 0.333. The number of carbonyl (C=O) groups is 1. The first-order valence-electron chi connectivity index (χ1n) is 10.5. The van der Waals surface area contributed by atoms with Gasteiger partial charge in [-0.05, 0) is 73.5 Å². The lowest BCUT2D eigenvalue weighted by molar-refractivity contribution is 0.0818. The number of amides is 2. The van der Waals surface area contributed by atoms with Crippen LogP contribution in [0.25, 0.3) is 10.9 Å². The molecule has 7 heteroatoms. The van der Waals surface area contributed by atoms with Gasteiger partial charge in [0, 0.05) is 24.4 Å². The number of ether oxygens (including phenoxy) is 1. The van der Waals surface area contributed by atoms with Crippen molar-refractivity contribution >= 4 is 22.6 Å². The van der Waals surface area contributed by atoms with E-state index in [2.05, 4.69) is 10.3 Å². The predicted molar refractivity (Wildman–Crippen MR) is 119 cm³/mol. The van der Waals surface area contributed by atoms with Crippen LogP contribution in [0, 0.1) is 19.7 Å².